The number of amides is 9. The molecule has 0 bridgehead atoms. The first-order chi connectivity index (χ1) is 54.9. The van der Waals surface area contributed by atoms with E-state index in [-0.39, 0.29) is 174 Å². The van der Waals surface area contributed by atoms with Gasteiger partial charge in [0.25, 0.3) is 0 Å². The van der Waals surface area contributed by atoms with Gasteiger partial charge in [0.15, 0.2) is 30.4 Å². The number of benzene rings is 4. The van der Waals surface area contributed by atoms with E-state index < -0.39 is 174 Å². The normalized spacial score (nSPS) is 18.0. The maximum Gasteiger partial charge on any atom is 0.306 e. The molecule has 5 aromatic rings. The number of aliphatic hydroxyl groups excluding tert-OH is 1. The number of rotatable bonds is 40. The van der Waals surface area contributed by atoms with Gasteiger partial charge in [-0.2, -0.15) is 0 Å². The Labute approximate surface area is 663 Å². The molecule has 115 heavy (non-hydrogen) atoms. The molecule has 617 valence electrons. The van der Waals surface area contributed by atoms with E-state index in [0.29, 0.717) is 17.5 Å². The van der Waals surface area contributed by atoms with Crippen LogP contribution in [0.1, 0.15) is 164 Å². The van der Waals surface area contributed by atoms with Crippen molar-refractivity contribution in [3.63, 3.8) is 0 Å². The molecule has 10 atom stereocenters. The first-order valence-corrected chi connectivity index (χ1v) is 38.3. The van der Waals surface area contributed by atoms with E-state index in [1.807, 2.05) is 37.1 Å². The highest BCUT2D eigenvalue weighted by molar-refractivity contribution is 6.31. The number of nitrogens with one attached hydrogen (secondary N) is 10. The number of Topliss-reactive ketones (excluding diaryl/α,β-unsaturated/α-hetero) is 1. The number of aromatic amines is 1. The van der Waals surface area contributed by atoms with Crippen molar-refractivity contribution in [2.45, 2.75) is 184 Å². The summed E-state index contributed by atoms with van der Waals surface area (Å²) in [4.78, 5) is 185. The van der Waals surface area contributed by atoms with Crippen molar-refractivity contribution in [1.82, 2.24) is 52.4 Å². The van der Waals surface area contributed by atoms with Gasteiger partial charge in [0.2, 0.25) is 58.9 Å². The Morgan fingerprint density at radius 1 is 0.722 bits per heavy atom. The first kappa shape index (κ1) is 87.4. The molecule has 0 saturated carbocycles. The number of aromatic nitrogens is 1. The third-order valence-corrected chi connectivity index (χ3v) is 20.2. The molecule has 2 saturated heterocycles. The fourth-order valence-corrected chi connectivity index (χ4v) is 14.4. The lowest BCUT2D eigenvalue weighted by Crippen LogP contribution is -2.60. The minimum Gasteiger partial charge on any atom is -0.508 e. The number of guanidine groups is 1. The Kier molecular flexibility index (Phi) is 31.1. The zero-order chi connectivity index (χ0) is 83.3. The van der Waals surface area contributed by atoms with Crippen LogP contribution in [0.3, 0.4) is 0 Å². The quantitative estimate of drug-likeness (QED) is 0.00835. The lowest BCUT2D eigenvalue weighted by atomic mass is 9.73. The molecule has 2 aliphatic heterocycles. The Bertz CT molecular complexity index is 4430. The van der Waals surface area contributed by atoms with E-state index in [4.69, 9.17) is 41.6 Å². The largest absolute Gasteiger partial charge is 0.508 e. The highest BCUT2D eigenvalue weighted by Crippen LogP contribution is 2.52. The molecule has 20 N–H and O–H groups in total. The highest BCUT2D eigenvalue weighted by atomic mass is 16.7. The molecule has 9 rings (SSSR count). The number of esters is 1. The van der Waals surface area contributed by atoms with Crippen LogP contribution in [0, 0.1) is 30.1 Å². The number of para-hydroxylation sites is 1. The number of ether oxygens (including phenoxy) is 4. The van der Waals surface area contributed by atoms with Gasteiger partial charge < -0.3 is 109 Å². The predicted octanol–water partition coefficient (Wildman–Crippen LogP) is 0.891. The second-order valence-electron chi connectivity index (χ2n) is 29.2. The lowest BCUT2D eigenvalue weighted by Gasteiger charge is -2.37. The minimum atomic E-state index is -1.66. The number of nitrogens with zero attached hydrogens (tertiary/aromatic N) is 1. The van der Waals surface area contributed by atoms with Crippen LogP contribution in [0.25, 0.3) is 10.9 Å². The average Bonchev–Trinajstić information content (AvgIpc) is 1.05. The van der Waals surface area contributed by atoms with Crippen molar-refractivity contribution >= 4 is 93.3 Å². The number of primary amides is 1. The number of phenols is 3. The number of hydrogen-bond acceptors (Lipinski definition) is 23. The second-order valence-corrected chi connectivity index (χ2v) is 29.2. The number of hydrogen-bond donors (Lipinski definition) is 17. The number of phenolic OH excluding ortho intramolecular Hbond substituents is 3. The zero-order valence-corrected chi connectivity index (χ0v) is 64.4. The summed E-state index contributed by atoms with van der Waals surface area (Å²) in [6.45, 7) is 3.30. The van der Waals surface area contributed by atoms with Crippen LogP contribution in [0.2, 0.25) is 0 Å². The van der Waals surface area contributed by atoms with Crippen LogP contribution in [0.4, 0.5) is 0 Å². The number of nitrogens with two attached hydrogens (primary N) is 3. The predicted molar refractivity (Wildman–Crippen MR) is 413 cm³/mol. The molecule has 4 aromatic carbocycles. The average molecular weight is 1590 g/mol. The summed E-state index contributed by atoms with van der Waals surface area (Å²) in [5, 5.41) is 74.1. The maximum atomic E-state index is 15.0. The van der Waals surface area contributed by atoms with Crippen molar-refractivity contribution in [3.8, 4) is 23.0 Å². The highest BCUT2D eigenvalue weighted by Gasteiger charge is 2.46. The second kappa shape index (κ2) is 41.0. The number of fused-ring (bicyclic) bond motifs is 4. The topological polar surface area (TPSA) is 557 Å². The summed E-state index contributed by atoms with van der Waals surface area (Å²) in [6.07, 6.45) is 2.55. The summed E-state index contributed by atoms with van der Waals surface area (Å²) in [5.74, 6) is -12.2. The maximum absolute atomic E-state index is 15.0. The first-order valence-electron chi connectivity index (χ1n) is 38.3. The van der Waals surface area contributed by atoms with Crippen LogP contribution in [-0.4, -0.2) is 214 Å². The number of ketones is 3. The minimum absolute atomic E-state index is 0.00257. The van der Waals surface area contributed by atoms with Gasteiger partial charge in [-0.05, 0) is 138 Å². The molecule has 35 nitrogen and oxygen atoms in total. The van der Waals surface area contributed by atoms with Crippen LogP contribution >= 0.6 is 0 Å². The van der Waals surface area contributed by atoms with Crippen LogP contribution in [0.15, 0.2) is 72.9 Å². The van der Waals surface area contributed by atoms with Crippen molar-refractivity contribution in [2.24, 2.45) is 23.1 Å². The van der Waals surface area contributed by atoms with Gasteiger partial charge in [0.1, 0.15) is 59.2 Å². The van der Waals surface area contributed by atoms with Gasteiger partial charge in [-0.15, -0.1) is 0 Å². The molecule has 0 spiro atoms. The third-order valence-electron chi connectivity index (χ3n) is 20.2. The van der Waals surface area contributed by atoms with E-state index in [2.05, 4.69) is 47.5 Å². The molecular formula is C80H101N14O21. The standard InChI is InChI=1S/C80H101N14O21/c1-41(2)32-54(75(107)90-53(19-12-30-86-80(83)84)79(111)94-31-13-20-57(94)78(110)88-38-61(82)98)91-74(106)52(89-76(108)55(33-43-25-27-46(96)28-26-43)92-77(109)56(39-95)93-73(105)50(81)35-45-37-87-51-17-6-5-15-47(45)51)18-7-8-29-85-62(99)22-11-23-63(100)113-40-58(97)44-34-49-66(60(36-44)115-64-24-9-14-42(3)114-64)72(104)68-67(70(49)102)69(101)48-16-10-21-59(112-4)65(48)71(68)103/h5-6,9-10,14-17,21,25-28,37,41-42,50,52-57,60,64,87,95-96,102,104H,7-8,11-13,18-20,22-24,29-36,38-40,81H2,1-4H3,(H2,82,98)(H,85,99)(H,88,110)(H,89,108)(H,90,107)(H,91,106)(H,92,109)(H,93,105)(H4,83,84,86)/t42-,50-,52+,53-,54-,55-,56-,57-,60+,64-/m0/s1. The Hall–Kier alpha value is -11.6. The summed E-state index contributed by atoms with van der Waals surface area (Å²) >= 11 is 0. The van der Waals surface area contributed by atoms with E-state index >= 15 is 0 Å². The van der Waals surface area contributed by atoms with Crippen molar-refractivity contribution < 1.29 is 102 Å². The Balaban J connectivity index is 0.857. The SMILES string of the molecule is COc1cccc2c1C(=O)c1c(O)c3c(c(O)c1C2=O)C[C](C(=O)COC(=O)CCCC(=O)NCCCC[C@@H](NC(=O)[C@H](Cc1ccc(O)cc1)NC(=O)[C@H](CO)NC(=O)[C@@H](N)Cc1c[nH]c2ccccc12)C(=O)N[C@@H](CC(C)C)C(=O)N[C@@H](CCCNC(=N)N)C(=O)N1CCC[C@H]1C(=O)NCC(N)=O)C[C@H]3O[C@H]1C[CH][CH][C@H](C)O1. The monoisotopic (exact) mass is 1590 g/mol. The van der Waals surface area contributed by atoms with Gasteiger partial charge in [-0.3, -0.25) is 67.7 Å². The van der Waals surface area contributed by atoms with Gasteiger partial charge in [0.05, 0.1) is 61.1 Å². The van der Waals surface area contributed by atoms with E-state index in [9.17, 15) is 82.8 Å². The van der Waals surface area contributed by atoms with Gasteiger partial charge in [-0.25, -0.2) is 0 Å². The molecule has 3 radical (unpaired) electrons. The van der Waals surface area contributed by atoms with Gasteiger partial charge in [-0.1, -0.05) is 56.3 Å². The fourth-order valence-electron chi connectivity index (χ4n) is 14.4. The van der Waals surface area contributed by atoms with Crippen molar-refractivity contribution in [2.75, 3.05) is 46.5 Å². The molecule has 0 unspecified atom stereocenters. The number of aromatic hydroxyl groups is 3. The molecule has 4 aliphatic rings. The van der Waals surface area contributed by atoms with Crippen molar-refractivity contribution in [3.05, 3.63) is 136 Å². The number of carbonyl (C=O) groups is 13. The number of unbranched alkanes of at least 4 members (excludes halogenated alkanes) is 1. The van der Waals surface area contributed by atoms with Gasteiger partial charge in [0, 0.05) is 79.1 Å². The molecule has 9 amide bonds. The number of likely N-dealkylation sites (tertiary alicyclic amines) is 1. The summed E-state index contributed by atoms with van der Waals surface area (Å²) in [6, 6.07) is 7.60. The van der Waals surface area contributed by atoms with E-state index in [0.717, 1.165) is 10.9 Å². The number of carbonyl (C=O) groups excluding carboxylic acids is 13. The van der Waals surface area contributed by atoms with Crippen molar-refractivity contribution in [1.29, 1.82) is 5.41 Å². The van der Waals surface area contributed by atoms with E-state index in [1.54, 1.807) is 27.0 Å². The lowest BCUT2D eigenvalue weighted by molar-refractivity contribution is -0.196. The third kappa shape index (κ3) is 23.1. The number of H-pyrrole nitrogens is 1. The molecule has 3 heterocycles. The van der Waals surface area contributed by atoms with E-state index in [1.165, 1.54) is 54.5 Å². The molecule has 2 fully saturated rings. The Morgan fingerprint density at radius 2 is 1.39 bits per heavy atom. The molecular weight excluding hydrogens is 1490 g/mol. The Morgan fingerprint density at radius 3 is 2.10 bits per heavy atom. The van der Waals surface area contributed by atoms with Crippen LogP contribution in [-0.2, 0) is 86.2 Å². The summed E-state index contributed by atoms with van der Waals surface area (Å²) < 4.78 is 23.1. The molecule has 35 heteroatoms. The molecule has 1 aromatic heterocycles. The zero-order valence-electron chi connectivity index (χ0n) is 64.4. The van der Waals surface area contributed by atoms with Crippen LogP contribution in [0.5, 0.6) is 23.0 Å². The number of aliphatic hydroxyl groups is 1. The smallest absolute Gasteiger partial charge is 0.306 e. The number of methoxy groups -OCH3 is 1. The fraction of sp³-hybridized carbons (Fsp3) is 0.463. The summed E-state index contributed by atoms with van der Waals surface area (Å²) in [5.41, 5.74) is 17.8. The molecule has 2 aliphatic carbocycles. The van der Waals surface area contributed by atoms with Gasteiger partial charge >= 0.3 is 5.97 Å². The van der Waals surface area contributed by atoms with Crippen LogP contribution < -0.4 is 64.5 Å². The summed E-state index contributed by atoms with van der Waals surface area (Å²) in [7, 11) is 1.32.